The molecule has 2 aromatic rings. The van der Waals surface area contributed by atoms with Gasteiger partial charge in [-0.25, -0.2) is 0 Å². The number of hydrogen-bond acceptors (Lipinski definition) is 1. The van der Waals surface area contributed by atoms with Gasteiger partial charge in [-0.15, -0.1) is 0 Å². The van der Waals surface area contributed by atoms with E-state index in [1.165, 1.54) is 11.1 Å². The molecule has 0 amide bonds. The molecule has 0 saturated carbocycles. The van der Waals surface area contributed by atoms with Crippen molar-refractivity contribution in [1.29, 1.82) is 0 Å². The first kappa shape index (κ1) is 13.0. The molecule has 1 nitrogen and oxygen atoms in total. The van der Waals surface area contributed by atoms with Gasteiger partial charge in [-0.05, 0) is 37.1 Å². The van der Waals surface area contributed by atoms with E-state index in [4.69, 9.17) is 5.11 Å². The number of phenolic OH excluding ortho intramolecular Hbond substituents is 1. The van der Waals surface area contributed by atoms with Gasteiger partial charge in [0.25, 0.3) is 0 Å². The Labute approximate surface area is 103 Å². The van der Waals surface area contributed by atoms with Crippen LogP contribution in [-0.2, 0) is 0 Å². The highest BCUT2D eigenvalue weighted by Crippen LogP contribution is 2.14. The van der Waals surface area contributed by atoms with E-state index in [1.807, 2.05) is 25.1 Å². The Morgan fingerprint density at radius 2 is 1.47 bits per heavy atom. The number of para-hydroxylation sites is 1. The fraction of sp³-hybridized carbons (Fsp3) is 0.125. The first-order valence-corrected chi connectivity index (χ1v) is 5.57. The summed E-state index contributed by atoms with van der Waals surface area (Å²) in [5.74, 6) is 0.322. The summed E-state index contributed by atoms with van der Waals surface area (Å²) in [6.07, 6.45) is 0. The van der Waals surface area contributed by atoms with E-state index in [-0.39, 0.29) is 0 Å². The van der Waals surface area contributed by atoms with Crippen LogP contribution >= 0.6 is 0 Å². The highest BCUT2D eigenvalue weighted by atomic mass is 16.3. The molecule has 0 radical (unpaired) electrons. The van der Waals surface area contributed by atoms with Crippen molar-refractivity contribution in [2.24, 2.45) is 0 Å². The van der Waals surface area contributed by atoms with Crippen LogP contribution in [0.1, 0.15) is 18.1 Å². The van der Waals surface area contributed by atoms with Crippen LogP contribution < -0.4 is 0 Å². The molecule has 0 saturated heterocycles. The standard InChI is InChI=1S/C10H12.C6H6O/c1-8(2)10-7-5-4-6-9(10)3;7-6-4-2-1-3-5-6/h4-7H,1H2,2-3H3;1-5,7H. The normalized spacial score (nSPS) is 9.06. The number of benzene rings is 2. The summed E-state index contributed by atoms with van der Waals surface area (Å²) in [4.78, 5) is 0. The van der Waals surface area contributed by atoms with Gasteiger partial charge in [0.15, 0.2) is 0 Å². The molecule has 0 aromatic heterocycles. The SMILES string of the molecule is C=C(C)c1ccccc1C.Oc1ccccc1. The van der Waals surface area contributed by atoms with Crippen molar-refractivity contribution in [2.75, 3.05) is 0 Å². The monoisotopic (exact) mass is 226 g/mol. The van der Waals surface area contributed by atoms with Crippen molar-refractivity contribution >= 4 is 5.57 Å². The van der Waals surface area contributed by atoms with Crippen molar-refractivity contribution < 1.29 is 5.11 Å². The van der Waals surface area contributed by atoms with Crippen LogP contribution in [0.15, 0.2) is 61.2 Å². The molecule has 0 fully saturated rings. The molecule has 0 aliphatic carbocycles. The third-order valence-electron chi connectivity index (χ3n) is 2.36. The maximum Gasteiger partial charge on any atom is 0.115 e. The number of phenols is 1. The van der Waals surface area contributed by atoms with E-state index in [2.05, 4.69) is 25.6 Å². The van der Waals surface area contributed by atoms with Crippen LogP contribution in [-0.4, -0.2) is 5.11 Å². The Morgan fingerprint density at radius 3 is 1.82 bits per heavy atom. The summed E-state index contributed by atoms with van der Waals surface area (Å²) in [6, 6.07) is 17.0. The van der Waals surface area contributed by atoms with Crippen LogP contribution in [0.4, 0.5) is 0 Å². The lowest BCUT2D eigenvalue weighted by Crippen LogP contribution is -1.81. The average Bonchev–Trinajstić information content (AvgIpc) is 2.31. The third kappa shape index (κ3) is 4.56. The quantitative estimate of drug-likeness (QED) is 0.763. The van der Waals surface area contributed by atoms with Crippen molar-refractivity contribution in [3.8, 4) is 5.75 Å². The van der Waals surface area contributed by atoms with Crippen LogP contribution in [0, 0.1) is 6.92 Å². The van der Waals surface area contributed by atoms with Gasteiger partial charge in [0.1, 0.15) is 5.75 Å². The van der Waals surface area contributed by atoms with Crippen LogP contribution in [0.25, 0.3) is 5.57 Å². The summed E-state index contributed by atoms with van der Waals surface area (Å²) < 4.78 is 0. The first-order valence-electron chi connectivity index (χ1n) is 5.57. The zero-order valence-corrected chi connectivity index (χ0v) is 10.4. The predicted molar refractivity (Wildman–Crippen MR) is 74.0 cm³/mol. The van der Waals surface area contributed by atoms with E-state index in [1.54, 1.807) is 24.3 Å². The lowest BCUT2D eigenvalue weighted by molar-refractivity contribution is 0.475. The van der Waals surface area contributed by atoms with Crippen molar-refractivity contribution in [1.82, 2.24) is 0 Å². The fourth-order valence-electron chi connectivity index (χ4n) is 1.48. The topological polar surface area (TPSA) is 20.2 Å². The second-order valence-electron chi connectivity index (χ2n) is 3.93. The van der Waals surface area contributed by atoms with Crippen molar-refractivity contribution in [3.63, 3.8) is 0 Å². The van der Waals surface area contributed by atoms with Crippen LogP contribution in [0.2, 0.25) is 0 Å². The Hall–Kier alpha value is -2.02. The zero-order chi connectivity index (χ0) is 12.7. The van der Waals surface area contributed by atoms with Gasteiger partial charge in [0.05, 0.1) is 0 Å². The molecule has 0 unspecified atom stereocenters. The molecule has 17 heavy (non-hydrogen) atoms. The zero-order valence-electron chi connectivity index (χ0n) is 10.4. The summed E-state index contributed by atoms with van der Waals surface area (Å²) in [5, 5.41) is 8.63. The second kappa shape index (κ2) is 6.54. The molecule has 0 aliphatic rings. The van der Waals surface area contributed by atoms with Gasteiger partial charge >= 0.3 is 0 Å². The Morgan fingerprint density at radius 1 is 0.941 bits per heavy atom. The number of allylic oxidation sites excluding steroid dienone is 1. The van der Waals surface area contributed by atoms with E-state index in [9.17, 15) is 0 Å². The summed E-state index contributed by atoms with van der Waals surface area (Å²) in [7, 11) is 0. The highest BCUT2D eigenvalue weighted by Gasteiger charge is 1.94. The van der Waals surface area contributed by atoms with E-state index in [0.29, 0.717) is 5.75 Å². The van der Waals surface area contributed by atoms with Crippen molar-refractivity contribution in [2.45, 2.75) is 13.8 Å². The number of hydrogen-bond donors (Lipinski definition) is 1. The van der Waals surface area contributed by atoms with Crippen molar-refractivity contribution in [3.05, 3.63) is 72.3 Å². The number of aryl methyl sites for hydroxylation is 1. The average molecular weight is 226 g/mol. The minimum absolute atomic E-state index is 0.322. The second-order valence-corrected chi connectivity index (χ2v) is 3.93. The smallest absolute Gasteiger partial charge is 0.115 e. The van der Waals surface area contributed by atoms with E-state index in [0.717, 1.165) is 5.57 Å². The Balaban J connectivity index is 0.000000181. The molecule has 0 heterocycles. The number of aromatic hydroxyl groups is 1. The molecule has 2 aromatic carbocycles. The maximum absolute atomic E-state index is 8.63. The first-order chi connectivity index (χ1) is 8.11. The Bertz CT molecular complexity index is 472. The lowest BCUT2D eigenvalue weighted by Gasteiger charge is -2.02. The van der Waals surface area contributed by atoms with Gasteiger partial charge in [-0.1, -0.05) is 54.6 Å². The summed E-state index contributed by atoms with van der Waals surface area (Å²) in [5.41, 5.74) is 3.70. The van der Waals surface area contributed by atoms with Gasteiger partial charge in [0.2, 0.25) is 0 Å². The number of rotatable bonds is 1. The molecular formula is C16H18O. The highest BCUT2D eigenvalue weighted by molar-refractivity contribution is 5.63. The van der Waals surface area contributed by atoms with Gasteiger partial charge in [-0.3, -0.25) is 0 Å². The molecule has 0 aliphatic heterocycles. The maximum atomic E-state index is 8.63. The van der Waals surface area contributed by atoms with Gasteiger partial charge in [-0.2, -0.15) is 0 Å². The molecule has 88 valence electrons. The molecule has 1 heteroatoms. The van der Waals surface area contributed by atoms with Gasteiger partial charge in [0, 0.05) is 0 Å². The molecule has 2 rings (SSSR count). The molecule has 0 atom stereocenters. The minimum atomic E-state index is 0.322. The molecule has 0 bridgehead atoms. The van der Waals surface area contributed by atoms with E-state index >= 15 is 0 Å². The minimum Gasteiger partial charge on any atom is -0.508 e. The third-order valence-corrected chi connectivity index (χ3v) is 2.36. The predicted octanol–water partition coefficient (Wildman–Crippen LogP) is 4.42. The molecular weight excluding hydrogens is 208 g/mol. The van der Waals surface area contributed by atoms with Gasteiger partial charge < -0.3 is 5.11 Å². The molecule has 1 N–H and O–H groups in total. The van der Waals surface area contributed by atoms with E-state index < -0.39 is 0 Å². The van der Waals surface area contributed by atoms with Crippen LogP contribution in [0.3, 0.4) is 0 Å². The summed E-state index contributed by atoms with van der Waals surface area (Å²) in [6.45, 7) is 8.02. The Kier molecular flexibility index (Phi) is 5.02. The molecule has 0 spiro atoms. The van der Waals surface area contributed by atoms with Crippen LogP contribution in [0.5, 0.6) is 5.75 Å². The lowest BCUT2D eigenvalue weighted by atomic mass is 10.0. The summed E-state index contributed by atoms with van der Waals surface area (Å²) >= 11 is 0. The largest absolute Gasteiger partial charge is 0.508 e. The fourth-order valence-corrected chi connectivity index (χ4v) is 1.48.